The molecule has 4 rings (SSSR count). The lowest BCUT2D eigenvalue weighted by atomic mass is 9.73. The maximum absolute atomic E-state index is 12.9. The molecule has 1 aromatic heterocycles. The number of carbonyl (C=O) groups is 1. The van der Waals surface area contributed by atoms with E-state index in [1.54, 1.807) is 4.68 Å². The van der Waals surface area contributed by atoms with Crippen LogP contribution < -0.4 is 11.1 Å². The molecule has 0 unspecified atom stereocenters. The number of benzene rings is 1. The molecule has 1 atom stereocenters. The second-order valence-corrected chi connectivity index (χ2v) is 7.97. The van der Waals surface area contributed by atoms with Crippen LogP contribution in [-0.2, 0) is 4.79 Å². The van der Waals surface area contributed by atoms with E-state index in [2.05, 4.69) is 45.2 Å². The standard InChI is InChI=1S/C17H18BrN5O/c1-17(2)7-11-13(12(24)8-17)14(9-5-3-4-6-10(9)18)23-16(20-11)21-15(19)22-23/h3-6,14H,7-8H2,1-2H3,(H3,19,20,21,22)/t14-/m0/s1. The van der Waals surface area contributed by atoms with E-state index in [1.807, 2.05) is 24.3 Å². The van der Waals surface area contributed by atoms with Crippen LogP contribution in [0.25, 0.3) is 0 Å². The largest absolute Gasteiger partial charge is 0.366 e. The topological polar surface area (TPSA) is 85.8 Å². The number of Topliss-reactive ketones (excluding diaryl/α,β-unsaturated/α-hetero) is 1. The zero-order chi connectivity index (χ0) is 17.1. The van der Waals surface area contributed by atoms with Gasteiger partial charge in [0.15, 0.2) is 5.78 Å². The number of aromatic nitrogens is 3. The number of nitrogens with one attached hydrogen (secondary N) is 1. The Morgan fingerprint density at radius 1 is 1.33 bits per heavy atom. The van der Waals surface area contributed by atoms with E-state index >= 15 is 0 Å². The third kappa shape index (κ3) is 2.34. The average molecular weight is 388 g/mol. The normalized spacial score (nSPS) is 22.0. The second kappa shape index (κ2) is 5.17. The Labute approximate surface area is 148 Å². The quantitative estimate of drug-likeness (QED) is 0.783. The summed E-state index contributed by atoms with van der Waals surface area (Å²) < 4.78 is 2.64. The second-order valence-electron chi connectivity index (χ2n) is 7.12. The van der Waals surface area contributed by atoms with Crippen LogP contribution in [0.4, 0.5) is 11.9 Å². The molecule has 0 bridgehead atoms. The molecular formula is C17H18BrN5O. The van der Waals surface area contributed by atoms with Crippen LogP contribution in [0, 0.1) is 5.41 Å². The molecule has 2 heterocycles. The minimum Gasteiger partial charge on any atom is -0.366 e. The fourth-order valence-corrected chi connectivity index (χ4v) is 4.11. The monoisotopic (exact) mass is 387 g/mol. The Morgan fingerprint density at radius 3 is 2.83 bits per heavy atom. The van der Waals surface area contributed by atoms with Crippen molar-refractivity contribution in [2.24, 2.45) is 5.41 Å². The van der Waals surface area contributed by atoms with E-state index in [0.717, 1.165) is 27.7 Å². The molecule has 0 fully saturated rings. The van der Waals surface area contributed by atoms with Crippen molar-refractivity contribution >= 4 is 33.6 Å². The third-order valence-electron chi connectivity index (χ3n) is 4.55. The van der Waals surface area contributed by atoms with Crippen molar-refractivity contribution < 1.29 is 4.79 Å². The van der Waals surface area contributed by atoms with Crippen LogP contribution in [0.15, 0.2) is 40.0 Å². The lowest BCUT2D eigenvalue weighted by molar-refractivity contribution is -0.118. The number of halogens is 1. The third-order valence-corrected chi connectivity index (χ3v) is 5.27. The molecule has 0 saturated carbocycles. The molecule has 6 nitrogen and oxygen atoms in total. The van der Waals surface area contributed by atoms with Gasteiger partial charge in [0.05, 0.1) is 0 Å². The summed E-state index contributed by atoms with van der Waals surface area (Å²) in [5.74, 6) is 0.924. The number of nitrogens with zero attached hydrogens (tertiary/aromatic N) is 3. The van der Waals surface area contributed by atoms with E-state index in [1.165, 1.54) is 0 Å². The molecule has 3 N–H and O–H groups in total. The van der Waals surface area contributed by atoms with Crippen LogP contribution in [0.3, 0.4) is 0 Å². The molecule has 2 aromatic rings. The Morgan fingerprint density at radius 2 is 2.08 bits per heavy atom. The van der Waals surface area contributed by atoms with E-state index in [9.17, 15) is 4.79 Å². The number of nitrogens with two attached hydrogens (primary N) is 1. The van der Waals surface area contributed by atoms with Gasteiger partial charge in [0.25, 0.3) is 0 Å². The van der Waals surface area contributed by atoms with Crippen molar-refractivity contribution in [1.29, 1.82) is 0 Å². The molecule has 24 heavy (non-hydrogen) atoms. The lowest BCUT2D eigenvalue weighted by Gasteiger charge is -2.38. The number of nitrogen functional groups attached to an aromatic ring is 1. The van der Waals surface area contributed by atoms with Gasteiger partial charge >= 0.3 is 0 Å². The van der Waals surface area contributed by atoms with Gasteiger partial charge in [0.2, 0.25) is 11.9 Å². The summed E-state index contributed by atoms with van der Waals surface area (Å²) in [6, 6.07) is 7.56. The molecule has 0 radical (unpaired) electrons. The molecule has 124 valence electrons. The zero-order valence-corrected chi connectivity index (χ0v) is 15.1. The van der Waals surface area contributed by atoms with E-state index in [4.69, 9.17) is 5.73 Å². The summed E-state index contributed by atoms with van der Waals surface area (Å²) in [6.45, 7) is 4.22. The van der Waals surface area contributed by atoms with Gasteiger partial charge in [-0.05, 0) is 23.5 Å². The van der Waals surface area contributed by atoms with Crippen LogP contribution in [0.2, 0.25) is 0 Å². The van der Waals surface area contributed by atoms with E-state index in [0.29, 0.717) is 12.4 Å². The summed E-state index contributed by atoms with van der Waals surface area (Å²) in [5, 5.41) is 7.60. The van der Waals surface area contributed by atoms with Crippen molar-refractivity contribution in [3.05, 3.63) is 45.6 Å². The van der Waals surface area contributed by atoms with Crippen LogP contribution in [0.5, 0.6) is 0 Å². The van der Waals surface area contributed by atoms with Crippen LogP contribution >= 0.6 is 15.9 Å². The highest BCUT2D eigenvalue weighted by molar-refractivity contribution is 9.10. The predicted octanol–water partition coefficient (Wildman–Crippen LogP) is 3.28. The number of allylic oxidation sites excluding steroid dienone is 2. The molecule has 0 amide bonds. The number of rotatable bonds is 1. The number of fused-ring (bicyclic) bond motifs is 1. The zero-order valence-electron chi connectivity index (χ0n) is 13.5. The Balaban J connectivity index is 1.95. The van der Waals surface area contributed by atoms with Crippen LogP contribution in [0.1, 0.15) is 38.3 Å². The highest BCUT2D eigenvalue weighted by Crippen LogP contribution is 2.46. The first-order chi connectivity index (χ1) is 11.4. The van der Waals surface area contributed by atoms with Gasteiger partial charge in [-0.3, -0.25) is 4.79 Å². The maximum atomic E-state index is 12.9. The molecule has 2 aliphatic rings. The predicted molar refractivity (Wildman–Crippen MR) is 95.4 cm³/mol. The highest BCUT2D eigenvalue weighted by Gasteiger charge is 2.42. The average Bonchev–Trinajstić information content (AvgIpc) is 2.84. The Kier molecular flexibility index (Phi) is 3.32. The first kappa shape index (κ1) is 15.4. The summed E-state index contributed by atoms with van der Waals surface area (Å²) in [4.78, 5) is 17.2. The Bertz CT molecular complexity index is 883. The Hall–Kier alpha value is -2.15. The number of carbonyl (C=O) groups excluding carboxylic acids is 1. The molecule has 1 aliphatic carbocycles. The van der Waals surface area contributed by atoms with Gasteiger partial charge in [-0.25, -0.2) is 4.68 Å². The summed E-state index contributed by atoms with van der Waals surface area (Å²) in [7, 11) is 0. The van der Waals surface area contributed by atoms with Crippen molar-refractivity contribution in [2.75, 3.05) is 11.1 Å². The summed E-state index contributed by atoms with van der Waals surface area (Å²) >= 11 is 3.60. The van der Waals surface area contributed by atoms with Gasteiger partial charge in [-0.15, -0.1) is 5.10 Å². The van der Waals surface area contributed by atoms with Crippen molar-refractivity contribution in [1.82, 2.24) is 14.8 Å². The maximum Gasteiger partial charge on any atom is 0.241 e. The van der Waals surface area contributed by atoms with Gasteiger partial charge in [0.1, 0.15) is 6.04 Å². The SMILES string of the molecule is CC1(C)CC(=O)C2=C(C1)Nc1nc(N)nn1[C@H]2c1ccccc1Br. The number of hydrogen-bond acceptors (Lipinski definition) is 5. The number of hydrogen-bond donors (Lipinski definition) is 2. The molecule has 1 aromatic carbocycles. The fourth-order valence-electron chi connectivity index (χ4n) is 3.61. The van der Waals surface area contributed by atoms with Gasteiger partial charge in [0, 0.05) is 22.2 Å². The fraction of sp³-hybridized carbons (Fsp3) is 0.353. The van der Waals surface area contributed by atoms with Crippen LogP contribution in [-0.4, -0.2) is 20.5 Å². The lowest BCUT2D eigenvalue weighted by Crippen LogP contribution is -2.36. The van der Waals surface area contributed by atoms with Gasteiger partial charge < -0.3 is 11.1 Å². The molecule has 0 saturated heterocycles. The first-order valence-corrected chi connectivity index (χ1v) is 8.65. The number of ketones is 1. The molecule has 0 spiro atoms. The minimum atomic E-state index is -0.319. The smallest absolute Gasteiger partial charge is 0.241 e. The van der Waals surface area contributed by atoms with Crippen molar-refractivity contribution in [3.63, 3.8) is 0 Å². The molecular weight excluding hydrogens is 370 g/mol. The van der Waals surface area contributed by atoms with Crippen molar-refractivity contribution in [2.45, 2.75) is 32.7 Å². The minimum absolute atomic E-state index is 0.0743. The van der Waals surface area contributed by atoms with Crippen molar-refractivity contribution in [3.8, 4) is 0 Å². The van der Waals surface area contributed by atoms with Gasteiger partial charge in [-0.2, -0.15) is 4.98 Å². The highest BCUT2D eigenvalue weighted by atomic mass is 79.9. The summed E-state index contributed by atoms with van der Waals surface area (Å²) in [6.07, 6.45) is 1.32. The van der Waals surface area contributed by atoms with E-state index < -0.39 is 0 Å². The first-order valence-electron chi connectivity index (χ1n) is 7.85. The number of anilines is 2. The molecule has 1 aliphatic heterocycles. The van der Waals surface area contributed by atoms with Gasteiger partial charge in [-0.1, -0.05) is 48.0 Å². The summed E-state index contributed by atoms with van der Waals surface area (Å²) in [5.41, 5.74) is 8.41. The van der Waals surface area contributed by atoms with E-state index in [-0.39, 0.29) is 23.2 Å². The molecule has 7 heteroatoms.